The molecule has 2 aliphatic rings. The first-order valence-electron chi connectivity index (χ1n) is 6.99. The van der Waals surface area contributed by atoms with Crippen LogP contribution in [0.3, 0.4) is 0 Å². The summed E-state index contributed by atoms with van der Waals surface area (Å²) < 4.78 is 5.47. The van der Waals surface area contributed by atoms with Gasteiger partial charge in [0.25, 0.3) is 0 Å². The third-order valence-corrected chi connectivity index (χ3v) is 4.50. The summed E-state index contributed by atoms with van der Waals surface area (Å²) in [6.45, 7) is 8.26. The Morgan fingerprint density at radius 3 is 2.67 bits per heavy atom. The second kappa shape index (κ2) is 5.17. The Kier molecular flexibility index (Phi) is 3.97. The fourth-order valence-corrected chi connectivity index (χ4v) is 3.39. The summed E-state index contributed by atoms with van der Waals surface area (Å²) in [5.41, 5.74) is -0.251. The van der Waals surface area contributed by atoms with E-state index in [0.717, 1.165) is 24.9 Å². The fourth-order valence-electron chi connectivity index (χ4n) is 3.39. The first-order valence-corrected chi connectivity index (χ1v) is 6.99. The Morgan fingerprint density at radius 2 is 2.06 bits per heavy atom. The minimum atomic E-state index is -0.880. The minimum Gasteiger partial charge on any atom is -0.480 e. The second-order valence-electron chi connectivity index (χ2n) is 6.50. The number of carbonyl (C=O) groups is 1. The molecule has 1 heterocycles. The van der Waals surface area contributed by atoms with Crippen molar-refractivity contribution in [2.75, 3.05) is 19.7 Å². The van der Waals surface area contributed by atoms with Crippen molar-refractivity contribution in [2.24, 2.45) is 11.8 Å². The molecule has 0 bridgehead atoms. The van der Waals surface area contributed by atoms with Gasteiger partial charge in [-0.1, -0.05) is 20.3 Å². The summed E-state index contributed by atoms with van der Waals surface area (Å²) >= 11 is 0. The molecule has 0 radical (unpaired) electrons. The van der Waals surface area contributed by atoms with Crippen molar-refractivity contribution in [1.82, 2.24) is 4.90 Å². The molecule has 2 rings (SSSR count). The van der Waals surface area contributed by atoms with Crippen molar-refractivity contribution in [2.45, 2.75) is 51.7 Å². The minimum absolute atomic E-state index is 0.180. The number of hydrogen-bond donors (Lipinski definition) is 1. The lowest BCUT2D eigenvalue weighted by atomic mass is 9.77. The van der Waals surface area contributed by atoms with Gasteiger partial charge >= 0.3 is 5.97 Å². The number of carboxylic acid groups (broad SMARTS) is 1. The van der Waals surface area contributed by atoms with Crippen LogP contribution in [0.15, 0.2) is 0 Å². The molecule has 0 aromatic rings. The molecule has 0 spiro atoms. The molecule has 4 heteroatoms. The monoisotopic (exact) mass is 255 g/mol. The maximum atomic E-state index is 10.5. The van der Waals surface area contributed by atoms with Gasteiger partial charge in [-0.15, -0.1) is 0 Å². The summed E-state index contributed by atoms with van der Waals surface area (Å²) in [5.74, 6) is 0.692. The summed E-state index contributed by atoms with van der Waals surface area (Å²) in [5, 5.41) is 8.65. The van der Waals surface area contributed by atoms with Gasteiger partial charge in [0.05, 0.1) is 5.60 Å². The first kappa shape index (κ1) is 13.8. The van der Waals surface area contributed by atoms with Crippen LogP contribution in [-0.4, -0.2) is 47.3 Å². The lowest BCUT2D eigenvalue weighted by Gasteiger charge is -2.54. The van der Waals surface area contributed by atoms with Crippen LogP contribution in [0.4, 0.5) is 0 Å². The SMILES string of the molecule is CC1CCC(C)C(N2CC(C)(OCC(=O)O)C2)C1. The van der Waals surface area contributed by atoms with Crippen molar-refractivity contribution in [3.63, 3.8) is 0 Å². The molecular weight excluding hydrogens is 230 g/mol. The summed E-state index contributed by atoms with van der Waals surface area (Å²) in [7, 11) is 0. The third kappa shape index (κ3) is 3.04. The second-order valence-corrected chi connectivity index (χ2v) is 6.50. The van der Waals surface area contributed by atoms with Crippen molar-refractivity contribution in [3.05, 3.63) is 0 Å². The van der Waals surface area contributed by atoms with Crippen LogP contribution in [0.25, 0.3) is 0 Å². The number of aliphatic carboxylic acids is 1. The van der Waals surface area contributed by atoms with Crippen LogP contribution in [0, 0.1) is 11.8 Å². The van der Waals surface area contributed by atoms with Crippen LogP contribution in [0.5, 0.6) is 0 Å². The zero-order valence-electron chi connectivity index (χ0n) is 11.7. The lowest BCUT2D eigenvalue weighted by molar-refractivity contribution is -0.174. The molecule has 3 atom stereocenters. The maximum absolute atomic E-state index is 10.5. The van der Waals surface area contributed by atoms with Gasteiger partial charge in [0, 0.05) is 19.1 Å². The normalized spacial score (nSPS) is 36.1. The molecule has 1 saturated carbocycles. The van der Waals surface area contributed by atoms with E-state index in [1.807, 2.05) is 6.92 Å². The zero-order chi connectivity index (χ0) is 13.3. The van der Waals surface area contributed by atoms with E-state index in [4.69, 9.17) is 9.84 Å². The van der Waals surface area contributed by atoms with Gasteiger partial charge in [-0.25, -0.2) is 4.79 Å². The van der Waals surface area contributed by atoms with Gasteiger partial charge in [0.2, 0.25) is 0 Å². The van der Waals surface area contributed by atoms with E-state index in [-0.39, 0.29) is 12.2 Å². The van der Waals surface area contributed by atoms with Crippen LogP contribution in [0.2, 0.25) is 0 Å². The predicted molar refractivity (Wildman–Crippen MR) is 69.5 cm³/mol. The largest absolute Gasteiger partial charge is 0.480 e. The van der Waals surface area contributed by atoms with E-state index in [2.05, 4.69) is 18.7 Å². The van der Waals surface area contributed by atoms with Crippen molar-refractivity contribution in [1.29, 1.82) is 0 Å². The summed E-state index contributed by atoms with van der Waals surface area (Å²) in [6.07, 6.45) is 3.93. The van der Waals surface area contributed by atoms with E-state index in [9.17, 15) is 4.79 Å². The Balaban J connectivity index is 1.82. The molecule has 1 aliphatic heterocycles. The molecule has 1 aliphatic carbocycles. The highest BCUT2D eigenvalue weighted by Crippen LogP contribution is 2.37. The summed E-state index contributed by atoms with van der Waals surface area (Å²) in [6, 6.07) is 0.662. The van der Waals surface area contributed by atoms with Gasteiger partial charge in [0.15, 0.2) is 0 Å². The maximum Gasteiger partial charge on any atom is 0.329 e. The molecule has 2 fully saturated rings. The van der Waals surface area contributed by atoms with Crippen LogP contribution in [0.1, 0.15) is 40.0 Å². The molecule has 0 aromatic carbocycles. The van der Waals surface area contributed by atoms with Crippen LogP contribution >= 0.6 is 0 Å². The number of carboxylic acids is 1. The van der Waals surface area contributed by atoms with E-state index in [1.54, 1.807) is 0 Å². The molecule has 1 N–H and O–H groups in total. The molecular formula is C14H25NO3. The Morgan fingerprint density at radius 1 is 1.39 bits per heavy atom. The van der Waals surface area contributed by atoms with Gasteiger partial charge in [-0.2, -0.15) is 0 Å². The van der Waals surface area contributed by atoms with Crippen LogP contribution < -0.4 is 0 Å². The highest BCUT2D eigenvalue weighted by molar-refractivity contribution is 5.68. The van der Waals surface area contributed by atoms with Crippen molar-refractivity contribution in [3.8, 4) is 0 Å². The van der Waals surface area contributed by atoms with Gasteiger partial charge in [-0.3, -0.25) is 4.90 Å². The van der Waals surface area contributed by atoms with Gasteiger partial charge in [-0.05, 0) is 31.6 Å². The van der Waals surface area contributed by atoms with E-state index >= 15 is 0 Å². The molecule has 18 heavy (non-hydrogen) atoms. The highest BCUT2D eigenvalue weighted by Gasteiger charge is 2.45. The third-order valence-electron chi connectivity index (χ3n) is 4.50. The number of nitrogens with zero attached hydrogens (tertiary/aromatic N) is 1. The molecule has 0 aromatic heterocycles. The Labute approximate surface area is 109 Å². The van der Waals surface area contributed by atoms with Crippen LogP contribution in [-0.2, 0) is 9.53 Å². The first-order chi connectivity index (χ1) is 8.39. The highest BCUT2D eigenvalue weighted by atomic mass is 16.5. The number of hydrogen-bond acceptors (Lipinski definition) is 3. The number of ether oxygens (including phenoxy) is 1. The number of rotatable bonds is 4. The fraction of sp³-hybridized carbons (Fsp3) is 0.929. The zero-order valence-corrected chi connectivity index (χ0v) is 11.7. The molecule has 0 amide bonds. The standard InChI is InChI=1S/C14H25NO3/c1-10-4-5-11(2)12(6-10)15-8-14(3,9-15)18-7-13(16)17/h10-12H,4-9H2,1-3H3,(H,16,17). The predicted octanol–water partition coefficient (Wildman–Crippen LogP) is 1.99. The summed E-state index contributed by atoms with van der Waals surface area (Å²) in [4.78, 5) is 13.0. The lowest BCUT2D eigenvalue weighted by Crippen LogP contribution is -2.66. The average molecular weight is 255 g/mol. The van der Waals surface area contributed by atoms with E-state index < -0.39 is 5.97 Å². The smallest absolute Gasteiger partial charge is 0.329 e. The van der Waals surface area contributed by atoms with E-state index in [0.29, 0.717) is 6.04 Å². The molecule has 4 nitrogen and oxygen atoms in total. The molecule has 104 valence electrons. The van der Waals surface area contributed by atoms with Crippen molar-refractivity contribution >= 4 is 5.97 Å². The van der Waals surface area contributed by atoms with Gasteiger partial charge in [0.1, 0.15) is 6.61 Å². The topological polar surface area (TPSA) is 49.8 Å². The number of likely N-dealkylation sites (tertiary alicyclic amines) is 1. The molecule has 1 saturated heterocycles. The van der Waals surface area contributed by atoms with E-state index in [1.165, 1.54) is 19.3 Å². The Bertz CT molecular complexity index is 312. The van der Waals surface area contributed by atoms with Gasteiger partial charge < -0.3 is 9.84 Å². The quantitative estimate of drug-likeness (QED) is 0.834. The average Bonchev–Trinajstić information content (AvgIpc) is 2.26. The molecule has 3 unspecified atom stereocenters. The van der Waals surface area contributed by atoms with Crippen molar-refractivity contribution < 1.29 is 14.6 Å². The Hall–Kier alpha value is -0.610.